The molecule has 0 unspecified atom stereocenters. The molecule has 10 heteroatoms. The van der Waals surface area contributed by atoms with Crippen LogP contribution in [0.5, 0.6) is 0 Å². The van der Waals surface area contributed by atoms with Crippen molar-refractivity contribution in [1.82, 2.24) is 14.9 Å². The van der Waals surface area contributed by atoms with Crippen LogP contribution in [0.15, 0.2) is 16.1 Å². The minimum absolute atomic E-state index is 0.267. The summed E-state index contributed by atoms with van der Waals surface area (Å²) >= 11 is 1.39. The van der Waals surface area contributed by atoms with Gasteiger partial charge in [-0.1, -0.05) is 11.8 Å². The molecule has 0 bridgehead atoms. The first-order valence-corrected chi connectivity index (χ1v) is 6.93. The Morgan fingerprint density at radius 2 is 2.24 bits per heavy atom. The summed E-state index contributed by atoms with van der Waals surface area (Å²) in [7, 11) is 0. The summed E-state index contributed by atoms with van der Waals surface area (Å²) in [6.07, 6.45) is 0.543. The van der Waals surface area contributed by atoms with Crippen molar-refractivity contribution in [3.63, 3.8) is 0 Å². The lowest BCUT2D eigenvalue weighted by Crippen LogP contribution is -2.45. The maximum Gasteiger partial charge on any atom is 0.326 e. The van der Waals surface area contributed by atoms with Crippen LogP contribution < -0.4 is 16.6 Å². The zero-order chi connectivity index (χ0) is 15.6. The van der Waals surface area contributed by atoms with Gasteiger partial charge in [0.25, 0.3) is 11.5 Å². The van der Waals surface area contributed by atoms with Gasteiger partial charge in [-0.2, -0.15) is 0 Å². The molecule has 0 fully saturated rings. The zero-order valence-corrected chi connectivity index (χ0v) is 11.6. The van der Waals surface area contributed by atoms with Gasteiger partial charge >= 0.3 is 5.97 Å². The van der Waals surface area contributed by atoms with Crippen molar-refractivity contribution < 1.29 is 19.5 Å². The van der Waals surface area contributed by atoms with Gasteiger partial charge < -0.3 is 16.2 Å². The van der Waals surface area contributed by atoms with Gasteiger partial charge in [-0.05, 0) is 0 Å². The monoisotopic (exact) mass is 312 g/mol. The van der Waals surface area contributed by atoms with Crippen molar-refractivity contribution in [3.8, 4) is 0 Å². The third kappa shape index (κ3) is 3.21. The minimum atomic E-state index is -1.48. The Hall–Kier alpha value is -2.36. The Bertz CT molecular complexity index is 671. The van der Waals surface area contributed by atoms with Crippen molar-refractivity contribution in [3.05, 3.63) is 22.1 Å². The molecule has 9 nitrogen and oxygen atoms in total. The van der Waals surface area contributed by atoms with Gasteiger partial charge in [0, 0.05) is 18.5 Å². The van der Waals surface area contributed by atoms with E-state index in [1.165, 1.54) is 16.3 Å². The Morgan fingerprint density at radius 3 is 2.86 bits per heavy atom. The van der Waals surface area contributed by atoms with E-state index >= 15 is 0 Å². The van der Waals surface area contributed by atoms with Crippen molar-refractivity contribution in [1.29, 1.82) is 0 Å². The first kappa shape index (κ1) is 15.0. The Balaban J connectivity index is 2.22. The number of aliphatic carboxylic acids is 1. The highest BCUT2D eigenvalue weighted by atomic mass is 32.2. The van der Waals surface area contributed by atoms with Crippen LogP contribution in [0.1, 0.15) is 16.8 Å². The molecule has 0 spiro atoms. The van der Waals surface area contributed by atoms with Crippen molar-refractivity contribution in [2.24, 2.45) is 5.73 Å². The van der Waals surface area contributed by atoms with E-state index in [1.807, 2.05) is 0 Å². The summed E-state index contributed by atoms with van der Waals surface area (Å²) in [6, 6.07) is -1.48. The van der Waals surface area contributed by atoms with E-state index < -0.39 is 35.8 Å². The molecule has 21 heavy (non-hydrogen) atoms. The molecule has 2 heterocycles. The number of carbonyl (C=O) groups excluding carboxylic acids is 2. The minimum Gasteiger partial charge on any atom is -0.480 e. The van der Waals surface area contributed by atoms with Gasteiger partial charge in [-0.3, -0.25) is 19.0 Å². The lowest BCUT2D eigenvalue weighted by atomic mass is 10.2. The van der Waals surface area contributed by atoms with Crippen molar-refractivity contribution >= 4 is 29.5 Å². The molecule has 0 radical (unpaired) electrons. The Morgan fingerprint density at radius 1 is 1.52 bits per heavy atom. The molecule has 1 atom stereocenters. The van der Waals surface area contributed by atoms with Crippen LogP contribution in [-0.2, 0) is 16.1 Å². The molecule has 1 aliphatic heterocycles. The smallest absolute Gasteiger partial charge is 0.326 e. The lowest BCUT2D eigenvalue weighted by molar-refractivity contribution is -0.140. The Kier molecular flexibility index (Phi) is 4.26. The number of amides is 2. The SMILES string of the molecule is NC(=O)C[C@H](NC(=O)c1cnc2n(c1=O)CCS2)C(=O)O. The van der Waals surface area contributed by atoms with Crippen LogP contribution in [0.2, 0.25) is 0 Å². The highest BCUT2D eigenvalue weighted by molar-refractivity contribution is 7.99. The average Bonchev–Trinajstić information content (AvgIpc) is 2.86. The van der Waals surface area contributed by atoms with Crippen LogP contribution in [0.3, 0.4) is 0 Å². The fourth-order valence-corrected chi connectivity index (χ4v) is 2.72. The highest BCUT2D eigenvalue weighted by Gasteiger charge is 2.26. The fraction of sp³-hybridized carbons (Fsp3) is 0.364. The van der Waals surface area contributed by atoms with Crippen molar-refractivity contribution in [2.75, 3.05) is 5.75 Å². The normalized spacial score (nSPS) is 14.3. The number of carbonyl (C=O) groups is 3. The number of primary amides is 1. The number of nitrogens with two attached hydrogens (primary N) is 1. The summed E-state index contributed by atoms with van der Waals surface area (Å²) in [5, 5.41) is 11.5. The maximum absolute atomic E-state index is 12.1. The van der Waals surface area contributed by atoms with E-state index in [2.05, 4.69) is 10.3 Å². The summed E-state index contributed by atoms with van der Waals surface area (Å²) in [5.41, 5.74) is 4.11. The number of carboxylic acid groups (broad SMARTS) is 1. The molecule has 0 saturated carbocycles. The largest absolute Gasteiger partial charge is 0.480 e. The first-order valence-electron chi connectivity index (χ1n) is 5.94. The zero-order valence-electron chi connectivity index (χ0n) is 10.7. The van der Waals surface area contributed by atoms with Gasteiger partial charge in [0.15, 0.2) is 5.16 Å². The Labute approximate surface area is 122 Å². The number of hydrogen-bond donors (Lipinski definition) is 3. The van der Waals surface area contributed by atoms with E-state index in [-0.39, 0.29) is 5.56 Å². The second-order valence-corrected chi connectivity index (χ2v) is 5.36. The second kappa shape index (κ2) is 5.95. The first-order chi connectivity index (χ1) is 9.90. The number of aromatic nitrogens is 2. The van der Waals surface area contributed by atoms with E-state index in [4.69, 9.17) is 10.8 Å². The predicted octanol–water partition coefficient (Wildman–Crippen LogP) is -1.59. The number of nitrogens with zero attached hydrogens (tertiary/aromatic N) is 2. The lowest BCUT2D eigenvalue weighted by Gasteiger charge is -2.12. The van der Waals surface area contributed by atoms with Gasteiger partial charge in [0.1, 0.15) is 11.6 Å². The van der Waals surface area contributed by atoms with Crippen LogP contribution in [0.25, 0.3) is 0 Å². The molecular formula is C11H12N4O5S. The highest BCUT2D eigenvalue weighted by Crippen LogP contribution is 2.20. The molecule has 0 saturated heterocycles. The van der Waals surface area contributed by atoms with Gasteiger partial charge in [-0.15, -0.1) is 0 Å². The topological polar surface area (TPSA) is 144 Å². The molecule has 0 aliphatic carbocycles. The summed E-state index contributed by atoms with van der Waals surface area (Å²) in [5.74, 6) is -2.49. The number of rotatable bonds is 5. The molecule has 2 rings (SSSR count). The molecule has 4 N–H and O–H groups in total. The van der Waals surface area contributed by atoms with Crippen LogP contribution in [-0.4, -0.2) is 44.2 Å². The van der Waals surface area contributed by atoms with E-state index in [0.29, 0.717) is 17.5 Å². The summed E-state index contributed by atoms with van der Waals surface area (Å²) < 4.78 is 1.35. The number of thioether (sulfide) groups is 1. The van der Waals surface area contributed by atoms with Crippen LogP contribution in [0.4, 0.5) is 0 Å². The maximum atomic E-state index is 12.1. The molecule has 112 valence electrons. The molecule has 1 aromatic rings. The van der Waals surface area contributed by atoms with Gasteiger partial charge in [-0.25, -0.2) is 9.78 Å². The average molecular weight is 312 g/mol. The van der Waals surface area contributed by atoms with Gasteiger partial charge in [0.2, 0.25) is 5.91 Å². The molecular weight excluding hydrogens is 300 g/mol. The van der Waals surface area contributed by atoms with E-state index in [0.717, 1.165) is 6.20 Å². The molecule has 1 aromatic heterocycles. The summed E-state index contributed by atoms with van der Waals surface area (Å²) in [6.45, 7) is 0.441. The number of hydrogen-bond acceptors (Lipinski definition) is 6. The van der Waals surface area contributed by atoms with Crippen LogP contribution in [0, 0.1) is 0 Å². The molecule has 1 aliphatic rings. The fourth-order valence-electron chi connectivity index (χ4n) is 1.81. The number of carboxylic acids is 1. The number of fused-ring (bicyclic) bond motifs is 1. The quantitative estimate of drug-likeness (QED) is 0.556. The molecule has 2 amide bonds. The number of nitrogens with one attached hydrogen (secondary N) is 1. The predicted molar refractivity (Wildman–Crippen MR) is 71.9 cm³/mol. The molecule has 0 aromatic carbocycles. The third-order valence-electron chi connectivity index (χ3n) is 2.81. The standard InChI is InChI=1S/C11H12N4O5S/c12-7(16)3-6(10(19)20)14-8(17)5-4-13-11-15(9(5)18)1-2-21-11/h4,6H,1-3H2,(H2,12,16)(H,14,17)(H,19,20)/t6-/m0/s1. The third-order valence-corrected chi connectivity index (χ3v) is 3.78. The summed E-state index contributed by atoms with van der Waals surface area (Å²) in [4.78, 5) is 49.8. The van der Waals surface area contributed by atoms with Gasteiger partial charge in [0.05, 0.1) is 6.42 Å². The van der Waals surface area contributed by atoms with E-state index in [1.54, 1.807) is 0 Å². The van der Waals surface area contributed by atoms with E-state index in [9.17, 15) is 19.2 Å². The second-order valence-electron chi connectivity index (χ2n) is 4.29. The van der Waals surface area contributed by atoms with Crippen molar-refractivity contribution in [2.45, 2.75) is 24.2 Å². The van der Waals surface area contributed by atoms with Crippen LogP contribution >= 0.6 is 11.8 Å².